The van der Waals surface area contributed by atoms with Crippen molar-refractivity contribution in [3.8, 4) is 11.8 Å². The first-order valence-corrected chi connectivity index (χ1v) is 5.58. The molecule has 0 aliphatic carbocycles. The van der Waals surface area contributed by atoms with Gasteiger partial charge in [0.15, 0.2) is 0 Å². The van der Waals surface area contributed by atoms with Crippen LogP contribution in [-0.2, 0) is 0 Å². The molecule has 0 heterocycles. The highest BCUT2D eigenvalue weighted by Crippen LogP contribution is 2.19. The Labute approximate surface area is 97.1 Å². The number of hydrogen-bond donors (Lipinski definition) is 1. The zero-order chi connectivity index (χ0) is 12.0. The summed E-state index contributed by atoms with van der Waals surface area (Å²) in [4.78, 5) is 0. The van der Waals surface area contributed by atoms with E-state index in [-0.39, 0.29) is 11.9 Å². The molecule has 2 heteroatoms. The van der Waals surface area contributed by atoms with Gasteiger partial charge in [-0.25, -0.2) is 4.39 Å². The first-order chi connectivity index (χ1) is 7.69. The lowest BCUT2D eigenvalue weighted by molar-refractivity contribution is 0.554. The third-order valence-corrected chi connectivity index (χ3v) is 2.53. The Kier molecular flexibility index (Phi) is 5.01. The highest BCUT2D eigenvalue weighted by molar-refractivity contribution is 5.26. The molecule has 16 heavy (non-hydrogen) atoms. The average molecular weight is 219 g/mol. The highest BCUT2D eigenvalue weighted by Gasteiger charge is 2.10. The van der Waals surface area contributed by atoms with Crippen LogP contribution >= 0.6 is 0 Å². The standard InChI is InChI=1S/C14H18FN/c1-4-6-7-14(16-5-2)12-9-8-11(3)13(15)10-12/h8-10,14,16H,5,7H2,1-3H3. The van der Waals surface area contributed by atoms with E-state index in [0.29, 0.717) is 12.0 Å². The van der Waals surface area contributed by atoms with E-state index in [1.807, 2.05) is 26.0 Å². The van der Waals surface area contributed by atoms with Gasteiger partial charge in [0, 0.05) is 12.5 Å². The Morgan fingerprint density at radius 1 is 1.44 bits per heavy atom. The summed E-state index contributed by atoms with van der Waals surface area (Å²) < 4.78 is 13.4. The van der Waals surface area contributed by atoms with Crippen LogP contribution < -0.4 is 5.32 Å². The zero-order valence-electron chi connectivity index (χ0n) is 10.1. The Morgan fingerprint density at radius 2 is 2.19 bits per heavy atom. The third kappa shape index (κ3) is 3.36. The van der Waals surface area contributed by atoms with E-state index in [1.165, 1.54) is 0 Å². The van der Waals surface area contributed by atoms with E-state index in [0.717, 1.165) is 12.1 Å². The maximum absolute atomic E-state index is 13.4. The summed E-state index contributed by atoms with van der Waals surface area (Å²) in [5, 5.41) is 3.31. The largest absolute Gasteiger partial charge is 0.309 e. The van der Waals surface area contributed by atoms with Crippen LogP contribution in [0, 0.1) is 24.6 Å². The second-order valence-electron chi connectivity index (χ2n) is 3.75. The summed E-state index contributed by atoms with van der Waals surface area (Å²) in [6.07, 6.45) is 0.715. The van der Waals surface area contributed by atoms with Crippen molar-refractivity contribution in [2.45, 2.75) is 33.2 Å². The van der Waals surface area contributed by atoms with Crippen molar-refractivity contribution in [2.24, 2.45) is 0 Å². The topological polar surface area (TPSA) is 12.0 Å². The highest BCUT2D eigenvalue weighted by atomic mass is 19.1. The molecule has 0 fully saturated rings. The first-order valence-electron chi connectivity index (χ1n) is 5.58. The lowest BCUT2D eigenvalue weighted by atomic mass is 10.0. The SMILES string of the molecule is CC#CCC(NCC)c1ccc(C)c(F)c1. The van der Waals surface area contributed by atoms with Gasteiger partial charge in [-0.3, -0.25) is 0 Å². The molecule has 1 atom stereocenters. The lowest BCUT2D eigenvalue weighted by Gasteiger charge is -2.16. The van der Waals surface area contributed by atoms with Crippen molar-refractivity contribution in [3.05, 3.63) is 35.1 Å². The first kappa shape index (κ1) is 12.7. The minimum atomic E-state index is -0.148. The van der Waals surface area contributed by atoms with Crippen molar-refractivity contribution in [1.82, 2.24) is 5.32 Å². The molecule has 1 unspecified atom stereocenters. The van der Waals surface area contributed by atoms with E-state index in [9.17, 15) is 4.39 Å². The van der Waals surface area contributed by atoms with Gasteiger partial charge in [0.25, 0.3) is 0 Å². The molecule has 0 aromatic heterocycles. The van der Waals surface area contributed by atoms with Crippen LogP contribution in [0.4, 0.5) is 4.39 Å². The van der Waals surface area contributed by atoms with Gasteiger partial charge >= 0.3 is 0 Å². The molecule has 1 aromatic rings. The molecule has 1 nitrogen and oxygen atoms in total. The molecular formula is C14H18FN. The fraction of sp³-hybridized carbons (Fsp3) is 0.429. The molecule has 0 saturated carbocycles. The Hall–Kier alpha value is -1.33. The van der Waals surface area contributed by atoms with E-state index in [2.05, 4.69) is 17.2 Å². The molecule has 0 radical (unpaired) electrons. The van der Waals surface area contributed by atoms with Gasteiger partial charge in [0.05, 0.1) is 0 Å². The van der Waals surface area contributed by atoms with Gasteiger partial charge < -0.3 is 5.32 Å². The van der Waals surface area contributed by atoms with Gasteiger partial charge in [0.1, 0.15) is 5.82 Å². The molecule has 0 amide bonds. The van der Waals surface area contributed by atoms with E-state index < -0.39 is 0 Å². The Balaban J connectivity index is 2.89. The molecule has 0 saturated heterocycles. The Bertz CT molecular complexity index is 401. The van der Waals surface area contributed by atoms with E-state index >= 15 is 0 Å². The van der Waals surface area contributed by atoms with Gasteiger partial charge in [0.2, 0.25) is 0 Å². The molecule has 86 valence electrons. The molecule has 1 N–H and O–H groups in total. The number of aryl methyl sites for hydroxylation is 1. The van der Waals surface area contributed by atoms with Gasteiger partial charge in [-0.15, -0.1) is 11.8 Å². The minimum absolute atomic E-state index is 0.118. The maximum Gasteiger partial charge on any atom is 0.126 e. The number of rotatable bonds is 4. The van der Waals surface area contributed by atoms with Crippen LogP contribution in [0.3, 0.4) is 0 Å². The monoisotopic (exact) mass is 219 g/mol. The van der Waals surface area contributed by atoms with Crippen LogP contribution in [0.1, 0.15) is 37.4 Å². The predicted molar refractivity (Wildman–Crippen MR) is 65.6 cm³/mol. The summed E-state index contributed by atoms with van der Waals surface area (Å²) in [6, 6.07) is 5.49. The summed E-state index contributed by atoms with van der Waals surface area (Å²) in [7, 11) is 0. The second-order valence-corrected chi connectivity index (χ2v) is 3.75. The van der Waals surface area contributed by atoms with Crippen molar-refractivity contribution < 1.29 is 4.39 Å². The summed E-state index contributed by atoms with van der Waals surface area (Å²) in [5.41, 5.74) is 1.65. The third-order valence-electron chi connectivity index (χ3n) is 2.53. The summed E-state index contributed by atoms with van der Waals surface area (Å²) >= 11 is 0. The fourth-order valence-electron chi connectivity index (χ4n) is 1.58. The van der Waals surface area contributed by atoms with Crippen molar-refractivity contribution in [1.29, 1.82) is 0 Å². The minimum Gasteiger partial charge on any atom is -0.309 e. The van der Waals surface area contributed by atoms with Gasteiger partial charge in [-0.05, 0) is 37.6 Å². The summed E-state index contributed by atoms with van der Waals surface area (Å²) in [5.74, 6) is 5.75. The number of halogens is 1. The van der Waals surface area contributed by atoms with Crippen LogP contribution in [0.2, 0.25) is 0 Å². The molecule has 0 aliphatic rings. The summed E-state index contributed by atoms with van der Waals surface area (Å²) in [6.45, 7) is 6.48. The maximum atomic E-state index is 13.4. The molecule has 0 aliphatic heterocycles. The number of nitrogens with one attached hydrogen (secondary N) is 1. The zero-order valence-corrected chi connectivity index (χ0v) is 10.1. The van der Waals surface area contributed by atoms with E-state index in [1.54, 1.807) is 13.0 Å². The average Bonchev–Trinajstić information content (AvgIpc) is 2.28. The van der Waals surface area contributed by atoms with Crippen LogP contribution in [0.5, 0.6) is 0 Å². The van der Waals surface area contributed by atoms with Crippen LogP contribution in [0.15, 0.2) is 18.2 Å². The van der Waals surface area contributed by atoms with Crippen molar-refractivity contribution in [3.63, 3.8) is 0 Å². The van der Waals surface area contributed by atoms with Crippen LogP contribution in [-0.4, -0.2) is 6.54 Å². The van der Waals surface area contributed by atoms with Crippen molar-refractivity contribution in [2.75, 3.05) is 6.54 Å². The second kappa shape index (κ2) is 6.30. The smallest absolute Gasteiger partial charge is 0.126 e. The number of hydrogen-bond acceptors (Lipinski definition) is 1. The van der Waals surface area contributed by atoms with E-state index in [4.69, 9.17) is 0 Å². The fourth-order valence-corrected chi connectivity index (χ4v) is 1.58. The van der Waals surface area contributed by atoms with Crippen LogP contribution in [0.25, 0.3) is 0 Å². The molecule has 1 rings (SSSR count). The molecule has 0 spiro atoms. The molecular weight excluding hydrogens is 201 g/mol. The predicted octanol–water partition coefficient (Wildman–Crippen LogP) is 3.20. The molecule has 0 bridgehead atoms. The quantitative estimate of drug-likeness (QED) is 0.767. The normalized spacial score (nSPS) is 11.8. The Morgan fingerprint density at radius 3 is 2.75 bits per heavy atom. The lowest BCUT2D eigenvalue weighted by Crippen LogP contribution is -2.20. The van der Waals surface area contributed by atoms with Gasteiger partial charge in [-0.1, -0.05) is 19.1 Å². The molecule has 1 aromatic carbocycles. The number of benzene rings is 1. The van der Waals surface area contributed by atoms with Crippen molar-refractivity contribution >= 4 is 0 Å². The van der Waals surface area contributed by atoms with Gasteiger partial charge in [-0.2, -0.15) is 0 Å².